The average Bonchev–Trinajstić information content (AvgIpc) is 2.55. The van der Waals surface area contributed by atoms with E-state index in [0.29, 0.717) is 26.7 Å². The second-order valence-electron chi connectivity index (χ2n) is 5.24. The van der Waals surface area contributed by atoms with Crippen molar-refractivity contribution in [3.8, 4) is 0 Å². The first-order valence-electron chi connectivity index (χ1n) is 7.00. The molecule has 116 valence electrons. The van der Waals surface area contributed by atoms with E-state index in [2.05, 4.69) is 0 Å². The molecule has 0 radical (unpaired) electrons. The summed E-state index contributed by atoms with van der Waals surface area (Å²) in [6.45, 7) is 0. The Morgan fingerprint density at radius 1 is 0.696 bits per heavy atom. The number of halogens is 3. The fraction of sp³-hybridized carbons (Fsp3) is 0.0526. The van der Waals surface area contributed by atoms with E-state index in [1.165, 1.54) is 12.1 Å². The number of aliphatic hydroxyl groups is 1. The Bertz CT molecular complexity index is 785. The first-order chi connectivity index (χ1) is 11.0. The van der Waals surface area contributed by atoms with E-state index >= 15 is 0 Å². The predicted octanol–water partition coefficient (Wildman–Crippen LogP) is 5.42. The largest absolute Gasteiger partial charge is 0.376 e. The average molecular weight is 347 g/mol. The number of hydrogen-bond acceptors (Lipinski definition) is 1. The van der Waals surface area contributed by atoms with Crippen molar-refractivity contribution >= 4 is 23.2 Å². The van der Waals surface area contributed by atoms with Crippen molar-refractivity contribution in [2.45, 2.75) is 5.60 Å². The molecule has 0 saturated carbocycles. The standard InChI is InChI=1S/C19H13Cl2FO/c20-16-5-1-3-14(11-16)19(23,13-7-9-18(22)10-8-13)15-4-2-6-17(21)12-15/h1-12,23H. The number of benzene rings is 3. The summed E-state index contributed by atoms with van der Waals surface area (Å²) in [5, 5.41) is 12.5. The van der Waals surface area contributed by atoms with Crippen LogP contribution in [0.1, 0.15) is 16.7 Å². The molecule has 0 aromatic heterocycles. The van der Waals surface area contributed by atoms with Crippen LogP contribution < -0.4 is 0 Å². The Morgan fingerprint density at radius 2 is 1.17 bits per heavy atom. The molecule has 0 spiro atoms. The SMILES string of the molecule is OC(c1ccc(F)cc1)(c1cccc(Cl)c1)c1cccc(Cl)c1. The van der Waals surface area contributed by atoms with Gasteiger partial charge in [-0.2, -0.15) is 0 Å². The second-order valence-corrected chi connectivity index (χ2v) is 6.11. The fourth-order valence-electron chi connectivity index (χ4n) is 2.62. The Hall–Kier alpha value is -1.87. The van der Waals surface area contributed by atoms with Gasteiger partial charge in [-0.25, -0.2) is 4.39 Å². The van der Waals surface area contributed by atoms with E-state index in [4.69, 9.17) is 23.2 Å². The molecule has 3 aromatic rings. The van der Waals surface area contributed by atoms with E-state index in [1.54, 1.807) is 60.7 Å². The maximum absolute atomic E-state index is 13.3. The normalized spacial score (nSPS) is 11.5. The summed E-state index contributed by atoms with van der Waals surface area (Å²) in [5.41, 5.74) is 0.213. The molecule has 3 aromatic carbocycles. The van der Waals surface area contributed by atoms with Crippen molar-refractivity contribution in [1.82, 2.24) is 0 Å². The topological polar surface area (TPSA) is 20.2 Å². The first-order valence-corrected chi connectivity index (χ1v) is 7.76. The van der Waals surface area contributed by atoms with Gasteiger partial charge in [0.2, 0.25) is 0 Å². The van der Waals surface area contributed by atoms with E-state index < -0.39 is 5.60 Å². The third-order valence-electron chi connectivity index (χ3n) is 3.75. The molecular weight excluding hydrogens is 334 g/mol. The van der Waals surface area contributed by atoms with Crippen LogP contribution in [0.4, 0.5) is 4.39 Å². The molecule has 0 bridgehead atoms. The van der Waals surface area contributed by atoms with Crippen LogP contribution in [0, 0.1) is 5.82 Å². The summed E-state index contributed by atoms with van der Waals surface area (Å²) in [7, 11) is 0. The van der Waals surface area contributed by atoms with Gasteiger partial charge < -0.3 is 5.11 Å². The molecule has 0 fully saturated rings. The smallest absolute Gasteiger partial charge is 0.140 e. The molecule has 0 aliphatic carbocycles. The molecular formula is C19H13Cl2FO. The van der Waals surface area contributed by atoms with Crippen LogP contribution in [-0.2, 0) is 5.60 Å². The lowest BCUT2D eigenvalue weighted by Gasteiger charge is -2.30. The van der Waals surface area contributed by atoms with Crippen molar-refractivity contribution in [2.75, 3.05) is 0 Å². The lowest BCUT2D eigenvalue weighted by molar-refractivity contribution is 0.125. The summed E-state index contributed by atoms with van der Waals surface area (Å²) in [6, 6.07) is 19.6. The second kappa shape index (κ2) is 6.32. The van der Waals surface area contributed by atoms with Crippen molar-refractivity contribution < 1.29 is 9.50 Å². The van der Waals surface area contributed by atoms with Crippen molar-refractivity contribution in [1.29, 1.82) is 0 Å². The third kappa shape index (κ3) is 3.11. The van der Waals surface area contributed by atoms with Gasteiger partial charge in [-0.05, 0) is 53.1 Å². The summed E-state index contributed by atoms with van der Waals surface area (Å²) in [6.07, 6.45) is 0. The minimum Gasteiger partial charge on any atom is -0.376 e. The molecule has 0 heterocycles. The van der Waals surface area contributed by atoms with Crippen LogP contribution >= 0.6 is 23.2 Å². The molecule has 0 amide bonds. The highest BCUT2D eigenvalue weighted by Gasteiger charge is 2.34. The Labute approximate surface area is 143 Å². The predicted molar refractivity (Wildman–Crippen MR) is 91.4 cm³/mol. The first kappa shape index (κ1) is 16.0. The van der Waals surface area contributed by atoms with Gasteiger partial charge in [0, 0.05) is 10.0 Å². The van der Waals surface area contributed by atoms with Gasteiger partial charge in [0.1, 0.15) is 11.4 Å². The van der Waals surface area contributed by atoms with Crippen molar-refractivity contribution in [2.24, 2.45) is 0 Å². The minimum atomic E-state index is -1.48. The monoisotopic (exact) mass is 346 g/mol. The van der Waals surface area contributed by atoms with E-state index in [9.17, 15) is 9.50 Å². The Kier molecular flexibility index (Phi) is 4.40. The van der Waals surface area contributed by atoms with Gasteiger partial charge in [0.05, 0.1) is 0 Å². The van der Waals surface area contributed by atoms with Crippen LogP contribution in [0.2, 0.25) is 10.0 Å². The number of rotatable bonds is 3. The zero-order chi connectivity index (χ0) is 16.4. The van der Waals surface area contributed by atoms with Crippen LogP contribution in [0.5, 0.6) is 0 Å². The summed E-state index contributed by atoms with van der Waals surface area (Å²) in [5.74, 6) is -0.367. The van der Waals surface area contributed by atoms with Crippen LogP contribution in [-0.4, -0.2) is 5.11 Å². The van der Waals surface area contributed by atoms with Crippen LogP contribution in [0.15, 0.2) is 72.8 Å². The molecule has 0 saturated heterocycles. The zero-order valence-electron chi connectivity index (χ0n) is 12.0. The zero-order valence-corrected chi connectivity index (χ0v) is 13.5. The van der Waals surface area contributed by atoms with Crippen molar-refractivity contribution in [3.63, 3.8) is 0 Å². The lowest BCUT2D eigenvalue weighted by Crippen LogP contribution is -2.28. The molecule has 1 nitrogen and oxygen atoms in total. The van der Waals surface area contributed by atoms with Gasteiger partial charge in [-0.15, -0.1) is 0 Å². The maximum Gasteiger partial charge on any atom is 0.140 e. The third-order valence-corrected chi connectivity index (χ3v) is 4.22. The van der Waals surface area contributed by atoms with Crippen molar-refractivity contribution in [3.05, 3.63) is 105 Å². The Balaban J connectivity index is 2.27. The quantitative estimate of drug-likeness (QED) is 0.628. The van der Waals surface area contributed by atoms with Gasteiger partial charge in [0.25, 0.3) is 0 Å². The van der Waals surface area contributed by atoms with Crippen LogP contribution in [0.3, 0.4) is 0 Å². The van der Waals surface area contributed by atoms with Crippen LogP contribution in [0.25, 0.3) is 0 Å². The maximum atomic E-state index is 13.3. The minimum absolute atomic E-state index is 0.367. The highest BCUT2D eigenvalue weighted by molar-refractivity contribution is 6.31. The van der Waals surface area contributed by atoms with Gasteiger partial charge in [-0.3, -0.25) is 0 Å². The molecule has 0 aliphatic heterocycles. The van der Waals surface area contributed by atoms with Gasteiger partial charge in [-0.1, -0.05) is 59.6 Å². The highest BCUT2D eigenvalue weighted by Crippen LogP contribution is 2.38. The summed E-state index contributed by atoms with van der Waals surface area (Å²) in [4.78, 5) is 0. The summed E-state index contributed by atoms with van der Waals surface area (Å²) < 4.78 is 13.3. The van der Waals surface area contributed by atoms with E-state index in [1.807, 2.05) is 0 Å². The fourth-order valence-corrected chi connectivity index (χ4v) is 3.00. The highest BCUT2D eigenvalue weighted by atomic mass is 35.5. The molecule has 1 N–H and O–H groups in total. The molecule has 3 rings (SSSR count). The van der Waals surface area contributed by atoms with E-state index in [-0.39, 0.29) is 5.82 Å². The number of hydrogen-bond donors (Lipinski definition) is 1. The molecule has 4 heteroatoms. The molecule has 23 heavy (non-hydrogen) atoms. The molecule has 0 aliphatic rings. The lowest BCUT2D eigenvalue weighted by atomic mass is 9.80. The Morgan fingerprint density at radius 3 is 1.61 bits per heavy atom. The van der Waals surface area contributed by atoms with E-state index in [0.717, 1.165) is 0 Å². The van der Waals surface area contributed by atoms with Gasteiger partial charge >= 0.3 is 0 Å². The molecule has 0 unspecified atom stereocenters. The van der Waals surface area contributed by atoms with Gasteiger partial charge in [0.15, 0.2) is 0 Å². The summed E-state index contributed by atoms with van der Waals surface area (Å²) >= 11 is 12.2. The molecule has 0 atom stereocenters.